The Kier molecular flexibility index (Phi) is 4.46. The zero-order valence-corrected chi connectivity index (χ0v) is 11.5. The zero-order chi connectivity index (χ0) is 12.8. The average molecular weight is 309 g/mol. The van der Waals surface area contributed by atoms with E-state index in [2.05, 4.69) is 36.2 Å². The summed E-state index contributed by atoms with van der Waals surface area (Å²) in [4.78, 5) is 12.4. The Hall–Kier alpha value is -1.69. The van der Waals surface area contributed by atoms with E-state index >= 15 is 0 Å². The Morgan fingerprint density at radius 1 is 1.33 bits per heavy atom. The molecule has 0 fully saturated rings. The van der Waals surface area contributed by atoms with Gasteiger partial charge >= 0.3 is 0 Å². The number of halogens is 1. The molecular weight excluding hydrogens is 296 g/mol. The summed E-state index contributed by atoms with van der Waals surface area (Å²) in [6.07, 6.45) is 6.13. The summed E-state index contributed by atoms with van der Waals surface area (Å²) in [5, 5.41) is 3.15. The molecule has 0 aromatic carbocycles. The molecule has 0 bridgehead atoms. The van der Waals surface area contributed by atoms with Crippen molar-refractivity contribution in [1.29, 1.82) is 0 Å². The predicted octanol–water partition coefficient (Wildman–Crippen LogP) is 2.30. The van der Waals surface area contributed by atoms with Gasteiger partial charge in [-0.3, -0.25) is 4.98 Å². The van der Waals surface area contributed by atoms with Crippen LogP contribution in [0.3, 0.4) is 0 Å². The van der Waals surface area contributed by atoms with Crippen LogP contribution in [0.2, 0.25) is 0 Å². The number of nitrogens with one attached hydrogen (secondary N) is 1. The lowest BCUT2D eigenvalue weighted by molar-refractivity contribution is 0.394. The zero-order valence-electron chi connectivity index (χ0n) is 9.93. The maximum Gasteiger partial charge on any atom is 0.232 e. The van der Waals surface area contributed by atoms with Gasteiger partial charge in [0.2, 0.25) is 11.8 Å². The van der Waals surface area contributed by atoms with Crippen LogP contribution in [0.25, 0.3) is 0 Å². The topological polar surface area (TPSA) is 59.9 Å². The molecule has 0 aliphatic heterocycles. The highest BCUT2D eigenvalue weighted by atomic mass is 79.9. The molecule has 94 valence electrons. The second kappa shape index (κ2) is 6.30. The van der Waals surface area contributed by atoms with Crippen LogP contribution >= 0.6 is 15.9 Å². The number of methoxy groups -OCH3 is 1. The number of ether oxygens (including phenoxy) is 1. The number of pyridine rings is 1. The van der Waals surface area contributed by atoms with Crippen molar-refractivity contribution in [2.24, 2.45) is 0 Å². The van der Waals surface area contributed by atoms with E-state index in [9.17, 15) is 0 Å². The molecule has 1 N–H and O–H groups in total. The lowest BCUT2D eigenvalue weighted by Gasteiger charge is -2.07. The standard InChI is InChI=1S/C12H13BrN4O/c1-18-11-10(13)8-16-12(17-11)15-7-4-9-2-5-14-6-3-9/h2-3,5-6,8H,4,7H2,1H3,(H,15,16,17). The molecule has 0 unspecified atom stereocenters. The van der Waals surface area contributed by atoms with Gasteiger partial charge < -0.3 is 10.1 Å². The fraction of sp³-hybridized carbons (Fsp3) is 0.250. The number of hydrogen-bond donors (Lipinski definition) is 1. The Bertz CT molecular complexity index is 507. The van der Waals surface area contributed by atoms with Crippen LogP contribution < -0.4 is 10.1 Å². The third-order valence-electron chi connectivity index (χ3n) is 2.35. The van der Waals surface area contributed by atoms with E-state index in [1.165, 1.54) is 5.56 Å². The summed E-state index contributed by atoms with van der Waals surface area (Å²) in [6.45, 7) is 0.759. The minimum Gasteiger partial charge on any atom is -0.480 e. The molecule has 0 aliphatic carbocycles. The van der Waals surface area contributed by atoms with Gasteiger partial charge in [-0.15, -0.1) is 0 Å². The summed E-state index contributed by atoms with van der Waals surface area (Å²) in [6, 6.07) is 3.98. The monoisotopic (exact) mass is 308 g/mol. The van der Waals surface area contributed by atoms with Gasteiger partial charge in [0.1, 0.15) is 0 Å². The van der Waals surface area contributed by atoms with E-state index in [0.717, 1.165) is 17.4 Å². The Morgan fingerprint density at radius 2 is 2.11 bits per heavy atom. The maximum absolute atomic E-state index is 5.10. The first-order chi connectivity index (χ1) is 8.79. The van der Waals surface area contributed by atoms with Crippen molar-refractivity contribution in [2.75, 3.05) is 19.0 Å². The Morgan fingerprint density at radius 3 is 2.83 bits per heavy atom. The molecule has 2 rings (SSSR count). The highest BCUT2D eigenvalue weighted by Gasteiger charge is 2.04. The van der Waals surface area contributed by atoms with E-state index in [4.69, 9.17) is 4.74 Å². The summed E-state index contributed by atoms with van der Waals surface area (Å²) in [7, 11) is 1.58. The Labute approximate surface area is 114 Å². The SMILES string of the molecule is COc1nc(NCCc2ccncc2)ncc1Br. The fourth-order valence-corrected chi connectivity index (χ4v) is 1.80. The first-order valence-electron chi connectivity index (χ1n) is 5.49. The minimum absolute atomic E-state index is 0.524. The Balaban J connectivity index is 1.91. The normalized spacial score (nSPS) is 10.1. The van der Waals surface area contributed by atoms with Crippen molar-refractivity contribution in [1.82, 2.24) is 15.0 Å². The van der Waals surface area contributed by atoms with E-state index in [0.29, 0.717) is 11.8 Å². The van der Waals surface area contributed by atoms with Crippen LogP contribution in [-0.4, -0.2) is 28.6 Å². The molecule has 5 nitrogen and oxygen atoms in total. The van der Waals surface area contributed by atoms with Crippen LogP contribution in [0.15, 0.2) is 35.2 Å². The molecule has 2 aromatic heterocycles. The third-order valence-corrected chi connectivity index (χ3v) is 2.90. The summed E-state index contributed by atoms with van der Waals surface area (Å²) in [5.41, 5.74) is 1.22. The molecule has 2 aromatic rings. The summed E-state index contributed by atoms with van der Waals surface area (Å²) in [5.74, 6) is 1.08. The van der Waals surface area contributed by atoms with Crippen molar-refractivity contribution in [3.63, 3.8) is 0 Å². The third kappa shape index (κ3) is 3.40. The number of nitrogens with zero attached hydrogens (tertiary/aromatic N) is 3. The molecule has 0 atom stereocenters. The number of rotatable bonds is 5. The number of hydrogen-bond acceptors (Lipinski definition) is 5. The summed E-state index contributed by atoms with van der Waals surface area (Å²) < 4.78 is 5.84. The molecule has 0 saturated carbocycles. The molecule has 0 saturated heterocycles. The van der Waals surface area contributed by atoms with E-state index in [1.807, 2.05) is 12.1 Å². The smallest absolute Gasteiger partial charge is 0.232 e. The van der Waals surface area contributed by atoms with Gasteiger partial charge in [-0.1, -0.05) is 0 Å². The highest BCUT2D eigenvalue weighted by molar-refractivity contribution is 9.10. The van der Waals surface area contributed by atoms with E-state index in [-0.39, 0.29) is 0 Å². The largest absolute Gasteiger partial charge is 0.480 e. The molecule has 0 radical (unpaired) electrons. The van der Waals surface area contributed by atoms with Gasteiger partial charge in [0.25, 0.3) is 0 Å². The predicted molar refractivity (Wildman–Crippen MR) is 72.7 cm³/mol. The van der Waals surface area contributed by atoms with Crippen molar-refractivity contribution < 1.29 is 4.74 Å². The molecular formula is C12H13BrN4O. The van der Waals surface area contributed by atoms with Crippen LogP contribution in [0, 0.1) is 0 Å². The molecule has 2 heterocycles. The van der Waals surface area contributed by atoms with Gasteiger partial charge in [-0.05, 0) is 40.0 Å². The second-order valence-electron chi connectivity index (χ2n) is 3.58. The quantitative estimate of drug-likeness (QED) is 0.918. The van der Waals surface area contributed by atoms with Crippen molar-refractivity contribution in [3.8, 4) is 5.88 Å². The van der Waals surface area contributed by atoms with Crippen molar-refractivity contribution in [3.05, 3.63) is 40.8 Å². The lowest BCUT2D eigenvalue weighted by Crippen LogP contribution is -2.08. The molecule has 6 heteroatoms. The van der Waals surface area contributed by atoms with Gasteiger partial charge in [0.15, 0.2) is 0 Å². The van der Waals surface area contributed by atoms with Crippen LogP contribution in [0.4, 0.5) is 5.95 Å². The van der Waals surface area contributed by atoms with E-state index < -0.39 is 0 Å². The van der Waals surface area contributed by atoms with Crippen molar-refractivity contribution in [2.45, 2.75) is 6.42 Å². The highest BCUT2D eigenvalue weighted by Crippen LogP contribution is 2.21. The lowest BCUT2D eigenvalue weighted by atomic mass is 10.2. The van der Waals surface area contributed by atoms with Crippen LogP contribution in [-0.2, 0) is 6.42 Å². The van der Waals surface area contributed by atoms with Crippen LogP contribution in [0.5, 0.6) is 5.88 Å². The fourth-order valence-electron chi connectivity index (χ4n) is 1.45. The molecule has 0 amide bonds. The molecule has 0 aliphatic rings. The van der Waals surface area contributed by atoms with Gasteiger partial charge in [-0.2, -0.15) is 4.98 Å². The first kappa shape index (κ1) is 12.8. The second-order valence-corrected chi connectivity index (χ2v) is 4.44. The van der Waals surface area contributed by atoms with Gasteiger partial charge in [0.05, 0.1) is 17.8 Å². The van der Waals surface area contributed by atoms with Crippen LogP contribution in [0.1, 0.15) is 5.56 Å². The van der Waals surface area contributed by atoms with Gasteiger partial charge in [-0.25, -0.2) is 4.98 Å². The van der Waals surface area contributed by atoms with Crippen molar-refractivity contribution >= 4 is 21.9 Å². The first-order valence-corrected chi connectivity index (χ1v) is 6.28. The minimum atomic E-state index is 0.524. The summed E-state index contributed by atoms with van der Waals surface area (Å²) >= 11 is 3.31. The van der Waals surface area contributed by atoms with E-state index in [1.54, 1.807) is 25.7 Å². The maximum atomic E-state index is 5.10. The van der Waals surface area contributed by atoms with Gasteiger partial charge in [0, 0.05) is 18.9 Å². The average Bonchev–Trinajstić information content (AvgIpc) is 2.42. The molecule has 18 heavy (non-hydrogen) atoms. The number of aromatic nitrogens is 3. The molecule has 0 spiro atoms. The number of anilines is 1.